The van der Waals surface area contributed by atoms with Crippen LogP contribution in [0.15, 0.2) is 19.6 Å². The highest BCUT2D eigenvalue weighted by atomic mass is 32.2. The van der Waals surface area contributed by atoms with Gasteiger partial charge in [-0.1, -0.05) is 116 Å². The predicted molar refractivity (Wildman–Crippen MR) is 185 cm³/mol. The monoisotopic (exact) mass is 646 g/mol. The lowest BCUT2D eigenvalue weighted by Gasteiger charge is -2.27. The lowest BCUT2D eigenvalue weighted by Crippen LogP contribution is -2.42. The quantitative estimate of drug-likeness (QED) is 0.104. The Morgan fingerprint density at radius 1 is 0.614 bits per heavy atom. The minimum atomic E-state index is -0.169. The highest BCUT2D eigenvalue weighted by Crippen LogP contribution is 2.61. The zero-order chi connectivity index (χ0) is 32.2. The first-order chi connectivity index (χ1) is 21.3. The molecule has 248 valence electrons. The molecule has 6 nitrogen and oxygen atoms in total. The van der Waals surface area contributed by atoms with E-state index >= 15 is 0 Å². The van der Waals surface area contributed by atoms with Gasteiger partial charge in [0.2, 0.25) is 0 Å². The number of carbonyl (C=O) groups excluding carboxylic acids is 2. The van der Waals surface area contributed by atoms with Crippen molar-refractivity contribution in [1.82, 2.24) is 10.0 Å². The maximum absolute atomic E-state index is 13.9. The molecule has 1 fully saturated rings. The number of fused-ring (bicyclic) bond motifs is 1. The number of benzene rings is 1. The van der Waals surface area contributed by atoms with E-state index in [0.29, 0.717) is 43.7 Å². The third kappa shape index (κ3) is 8.71. The summed E-state index contributed by atoms with van der Waals surface area (Å²) >= 11 is 3.06. The van der Waals surface area contributed by atoms with E-state index in [1.807, 2.05) is 0 Å². The molecule has 0 bridgehead atoms. The van der Waals surface area contributed by atoms with Gasteiger partial charge in [0.1, 0.15) is 17.1 Å². The fourth-order valence-electron chi connectivity index (χ4n) is 5.73. The minimum absolute atomic E-state index is 0.169. The Morgan fingerprint density at radius 2 is 1.00 bits per heavy atom. The molecule has 0 N–H and O–H groups in total. The number of thioether (sulfide) groups is 2. The zero-order valence-electron chi connectivity index (χ0n) is 28.8. The molecule has 0 saturated carbocycles. The summed E-state index contributed by atoms with van der Waals surface area (Å²) in [7, 11) is 0. The molecule has 2 aliphatic heterocycles. The highest BCUT2D eigenvalue weighted by Gasteiger charge is 2.45. The number of unbranched alkanes of at least 4 members (excludes halogenated alkanes) is 4. The lowest BCUT2D eigenvalue weighted by molar-refractivity contribution is -0.147. The fourth-order valence-corrected chi connectivity index (χ4v) is 8.55. The summed E-state index contributed by atoms with van der Waals surface area (Å²) in [5.74, 6) is 2.43. The first kappa shape index (κ1) is 36.7. The highest BCUT2D eigenvalue weighted by molar-refractivity contribution is 8.25. The Hall–Kier alpha value is -1.80. The topological polar surface area (TPSA) is 59.1 Å². The molecule has 2 heterocycles. The first-order valence-corrected chi connectivity index (χ1v) is 19.1. The third-order valence-electron chi connectivity index (χ3n) is 9.10. The number of amides is 2. The normalized spacial score (nSPS) is 16.3. The molecule has 0 aliphatic carbocycles. The van der Waals surface area contributed by atoms with Gasteiger partial charge in [0.25, 0.3) is 11.8 Å². The van der Waals surface area contributed by atoms with Crippen molar-refractivity contribution in [2.45, 2.75) is 142 Å². The molecule has 8 heteroatoms. The van der Waals surface area contributed by atoms with Gasteiger partial charge in [-0.25, -0.2) is 10.0 Å². The van der Waals surface area contributed by atoms with E-state index in [1.165, 1.54) is 49.2 Å². The predicted octanol–water partition coefficient (Wildman–Crippen LogP) is 10.1. The summed E-state index contributed by atoms with van der Waals surface area (Å²) < 4.78 is 14.1. The Bertz CT molecular complexity index is 1070. The van der Waals surface area contributed by atoms with Crippen molar-refractivity contribution < 1.29 is 19.1 Å². The minimum Gasteiger partial charge on any atom is -0.492 e. The molecule has 3 rings (SSSR count). The Kier molecular flexibility index (Phi) is 15.3. The standard InChI is InChI=1S/C36H58N2O4S2/c1-9-15-19-27(13-5)23-41-30-25(7)26(8)31(42-24-28(14-6)20-16-10-2)33-32(30)43-36(44-33)29-34(39)37(21-17-11-3)38(35(29)40)22-18-12-4/h27-28H,9-24H2,1-8H3. The lowest BCUT2D eigenvalue weighted by atomic mass is 10.00. The summed E-state index contributed by atoms with van der Waals surface area (Å²) in [6.45, 7) is 19.9. The largest absolute Gasteiger partial charge is 0.492 e. The van der Waals surface area contributed by atoms with Crippen LogP contribution in [0.2, 0.25) is 0 Å². The maximum Gasteiger partial charge on any atom is 0.279 e. The summed E-state index contributed by atoms with van der Waals surface area (Å²) in [6, 6.07) is 0. The van der Waals surface area contributed by atoms with Crippen molar-refractivity contribution in [3.05, 3.63) is 20.9 Å². The number of hydrogen-bond acceptors (Lipinski definition) is 6. The maximum atomic E-state index is 13.9. The molecule has 44 heavy (non-hydrogen) atoms. The molecule has 0 spiro atoms. The van der Waals surface area contributed by atoms with Crippen LogP contribution >= 0.6 is 23.5 Å². The molecular formula is C36H58N2O4S2. The van der Waals surface area contributed by atoms with Crippen LogP contribution < -0.4 is 9.47 Å². The van der Waals surface area contributed by atoms with Crippen molar-refractivity contribution >= 4 is 35.3 Å². The van der Waals surface area contributed by atoms with Crippen LogP contribution in [-0.4, -0.2) is 48.1 Å². The molecule has 1 saturated heterocycles. The second-order valence-electron chi connectivity index (χ2n) is 12.5. The zero-order valence-corrected chi connectivity index (χ0v) is 30.4. The van der Waals surface area contributed by atoms with E-state index in [9.17, 15) is 9.59 Å². The SMILES string of the molecule is CCCCC(CC)COc1c(C)c(C)c(OCC(CC)CCCC)c2c1SC(=C1C(=O)N(CCCC)N(CCCC)C1=O)S2. The number of hydrogen-bond donors (Lipinski definition) is 0. The van der Waals surface area contributed by atoms with E-state index in [0.717, 1.165) is 88.0 Å². The molecular weight excluding hydrogens is 589 g/mol. The second-order valence-corrected chi connectivity index (χ2v) is 14.8. The van der Waals surface area contributed by atoms with Crippen LogP contribution in [0.3, 0.4) is 0 Å². The van der Waals surface area contributed by atoms with Gasteiger partial charge in [-0.05, 0) is 62.5 Å². The van der Waals surface area contributed by atoms with Crippen LogP contribution in [0.5, 0.6) is 11.5 Å². The Morgan fingerprint density at radius 3 is 1.34 bits per heavy atom. The Balaban J connectivity index is 2.04. The van der Waals surface area contributed by atoms with Crippen molar-refractivity contribution in [2.75, 3.05) is 26.3 Å². The molecule has 2 unspecified atom stereocenters. The number of nitrogens with zero attached hydrogens (tertiary/aromatic N) is 2. The number of hydrazine groups is 1. The Labute approximate surface area is 276 Å². The van der Waals surface area contributed by atoms with Gasteiger partial charge in [-0.3, -0.25) is 9.59 Å². The van der Waals surface area contributed by atoms with Crippen molar-refractivity contribution in [3.63, 3.8) is 0 Å². The van der Waals surface area contributed by atoms with Crippen molar-refractivity contribution in [1.29, 1.82) is 0 Å². The van der Waals surface area contributed by atoms with E-state index in [2.05, 4.69) is 55.4 Å². The average molecular weight is 647 g/mol. The van der Waals surface area contributed by atoms with Gasteiger partial charge in [0.15, 0.2) is 0 Å². The first-order valence-electron chi connectivity index (χ1n) is 17.4. The van der Waals surface area contributed by atoms with Crippen LogP contribution in [0, 0.1) is 25.7 Å². The smallest absolute Gasteiger partial charge is 0.279 e. The van der Waals surface area contributed by atoms with E-state index in [-0.39, 0.29) is 11.8 Å². The van der Waals surface area contributed by atoms with E-state index < -0.39 is 0 Å². The molecule has 2 atom stereocenters. The molecule has 0 aromatic heterocycles. The van der Waals surface area contributed by atoms with Gasteiger partial charge in [0, 0.05) is 13.1 Å². The number of ether oxygens (including phenoxy) is 2. The van der Waals surface area contributed by atoms with Crippen molar-refractivity contribution in [3.8, 4) is 11.5 Å². The van der Waals surface area contributed by atoms with E-state index in [4.69, 9.17) is 9.47 Å². The third-order valence-corrected chi connectivity index (χ3v) is 11.7. The van der Waals surface area contributed by atoms with Crippen LogP contribution in [0.4, 0.5) is 0 Å². The van der Waals surface area contributed by atoms with Gasteiger partial charge < -0.3 is 9.47 Å². The van der Waals surface area contributed by atoms with Crippen LogP contribution in [0.1, 0.15) is 130 Å². The number of rotatable bonds is 20. The van der Waals surface area contributed by atoms with Crippen LogP contribution in [-0.2, 0) is 9.59 Å². The van der Waals surface area contributed by atoms with Gasteiger partial charge in [0.05, 0.1) is 27.2 Å². The fraction of sp³-hybridized carbons (Fsp3) is 0.722. The summed E-state index contributed by atoms with van der Waals surface area (Å²) in [5.41, 5.74) is 2.48. The number of carbonyl (C=O) groups is 2. The van der Waals surface area contributed by atoms with Crippen LogP contribution in [0.25, 0.3) is 0 Å². The van der Waals surface area contributed by atoms with Crippen molar-refractivity contribution in [2.24, 2.45) is 11.8 Å². The van der Waals surface area contributed by atoms with Gasteiger partial charge in [-0.2, -0.15) is 0 Å². The summed E-state index contributed by atoms with van der Waals surface area (Å²) in [4.78, 5) is 29.7. The van der Waals surface area contributed by atoms with E-state index in [1.54, 1.807) is 10.0 Å². The molecule has 0 radical (unpaired) electrons. The summed E-state index contributed by atoms with van der Waals surface area (Å²) in [5, 5.41) is 3.39. The second kappa shape index (κ2) is 18.4. The molecule has 2 aliphatic rings. The van der Waals surface area contributed by atoms with Gasteiger partial charge >= 0.3 is 0 Å². The molecule has 1 aromatic carbocycles. The molecule has 2 amide bonds. The average Bonchev–Trinajstić information content (AvgIpc) is 3.55. The summed E-state index contributed by atoms with van der Waals surface area (Å²) in [6.07, 6.45) is 12.9. The molecule has 1 aromatic rings. The van der Waals surface area contributed by atoms with Gasteiger partial charge in [-0.15, -0.1) is 0 Å².